The van der Waals surface area contributed by atoms with Gasteiger partial charge in [0.25, 0.3) is 0 Å². The molecule has 2 aliphatic rings. The molecule has 3 heterocycles. The molecule has 34 heavy (non-hydrogen) atoms. The first-order valence-corrected chi connectivity index (χ1v) is 12.5. The van der Waals surface area contributed by atoms with E-state index in [-0.39, 0.29) is 23.8 Å². The highest BCUT2D eigenvalue weighted by Gasteiger charge is 2.33. The van der Waals surface area contributed by atoms with Gasteiger partial charge in [-0.05, 0) is 80.1 Å². The van der Waals surface area contributed by atoms with Crippen molar-refractivity contribution >= 4 is 29.2 Å². The van der Waals surface area contributed by atoms with Crippen LogP contribution in [0.25, 0.3) is 0 Å². The second-order valence-corrected chi connectivity index (χ2v) is 9.97. The van der Waals surface area contributed by atoms with E-state index >= 15 is 0 Å². The van der Waals surface area contributed by atoms with E-state index in [1.54, 1.807) is 13.1 Å². The third-order valence-electron chi connectivity index (χ3n) is 7.10. The number of anilines is 1. The lowest BCUT2D eigenvalue weighted by Crippen LogP contribution is -2.47. The Labute approximate surface area is 206 Å². The average molecular weight is 484 g/mol. The Kier molecular flexibility index (Phi) is 8.06. The van der Waals surface area contributed by atoms with Crippen LogP contribution in [-0.4, -0.2) is 52.8 Å². The van der Waals surface area contributed by atoms with Crippen LogP contribution in [0.4, 0.5) is 5.82 Å². The molecule has 1 unspecified atom stereocenters. The topological polar surface area (TPSA) is 91.6 Å². The summed E-state index contributed by atoms with van der Waals surface area (Å²) >= 11 is 6.05. The van der Waals surface area contributed by atoms with Gasteiger partial charge in [0.1, 0.15) is 5.82 Å². The third kappa shape index (κ3) is 6.27. The summed E-state index contributed by atoms with van der Waals surface area (Å²) in [6.07, 6.45) is 5.27. The predicted octanol–water partition coefficient (Wildman–Crippen LogP) is 3.65. The van der Waals surface area contributed by atoms with Crippen molar-refractivity contribution in [3.63, 3.8) is 0 Å². The zero-order valence-corrected chi connectivity index (χ0v) is 20.5. The van der Waals surface area contributed by atoms with E-state index in [0.717, 1.165) is 69.5 Å². The normalized spacial score (nSPS) is 19.1. The second kappa shape index (κ2) is 11.2. The summed E-state index contributed by atoms with van der Waals surface area (Å²) in [4.78, 5) is 33.6. The lowest BCUT2D eigenvalue weighted by Gasteiger charge is -2.39. The highest BCUT2D eigenvalue weighted by atomic mass is 35.5. The molecule has 0 radical (unpaired) electrons. The number of nitrogen functional groups attached to an aromatic ring is 1. The summed E-state index contributed by atoms with van der Waals surface area (Å²) in [5.74, 6) is 1.18. The van der Waals surface area contributed by atoms with Gasteiger partial charge in [-0.15, -0.1) is 0 Å². The number of benzene rings is 1. The number of likely N-dealkylation sites (tertiary alicyclic amines) is 2. The van der Waals surface area contributed by atoms with Crippen LogP contribution in [0, 0.1) is 11.8 Å². The molecular weight excluding hydrogens is 450 g/mol. The molecule has 0 saturated carbocycles. The van der Waals surface area contributed by atoms with Gasteiger partial charge in [-0.3, -0.25) is 14.5 Å². The van der Waals surface area contributed by atoms with Gasteiger partial charge in [-0.1, -0.05) is 23.7 Å². The van der Waals surface area contributed by atoms with E-state index in [1.807, 2.05) is 41.3 Å². The monoisotopic (exact) mass is 483 g/mol. The lowest BCUT2D eigenvalue weighted by molar-refractivity contribution is -0.139. The quantitative estimate of drug-likeness (QED) is 0.654. The summed E-state index contributed by atoms with van der Waals surface area (Å²) in [6.45, 7) is 5.70. The number of hydrogen-bond acceptors (Lipinski definition) is 5. The van der Waals surface area contributed by atoms with Crippen LogP contribution in [0.1, 0.15) is 49.8 Å². The number of amides is 2. The fourth-order valence-electron chi connectivity index (χ4n) is 5.26. The minimum absolute atomic E-state index is 0.0420. The molecule has 7 nitrogen and oxygen atoms in total. The number of nitrogens with zero attached hydrogens (tertiary/aromatic N) is 3. The van der Waals surface area contributed by atoms with Crippen LogP contribution in [0.5, 0.6) is 0 Å². The van der Waals surface area contributed by atoms with E-state index in [1.165, 1.54) is 0 Å². The van der Waals surface area contributed by atoms with Gasteiger partial charge in [-0.2, -0.15) is 0 Å². The molecule has 1 aromatic heterocycles. The summed E-state index contributed by atoms with van der Waals surface area (Å²) in [6, 6.07) is 11.5. The van der Waals surface area contributed by atoms with Gasteiger partial charge in [-0.25, -0.2) is 4.98 Å². The molecule has 2 saturated heterocycles. The lowest BCUT2D eigenvalue weighted by atomic mass is 9.84. The molecule has 182 valence electrons. The Balaban J connectivity index is 1.28. The van der Waals surface area contributed by atoms with Gasteiger partial charge in [0, 0.05) is 43.7 Å². The van der Waals surface area contributed by atoms with E-state index in [9.17, 15) is 9.59 Å². The summed E-state index contributed by atoms with van der Waals surface area (Å²) in [5, 5.41) is 3.80. The predicted molar refractivity (Wildman–Crippen MR) is 134 cm³/mol. The summed E-state index contributed by atoms with van der Waals surface area (Å²) < 4.78 is 0. The number of nitrogens with two attached hydrogens (primary N) is 1. The average Bonchev–Trinajstić information content (AvgIpc) is 2.83. The molecular formula is C26H34ClN5O2. The molecule has 2 aliphatic heterocycles. The van der Waals surface area contributed by atoms with Crippen LogP contribution in [-0.2, 0) is 16.1 Å². The highest BCUT2D eigenvalue weighted by molar-refractivity contribution is 6.30. The van der Waals surface area contributed by atoms with Crippen LogP contribution in [0.3, 0.4) is 0 Å². The number of aromatic nitrogens is 1. The molecule has 1 atom stereocenters. The van der Waals surface area contributed by atoms with Crippen molar-refractivity contribution in [1.29, 1.82) is 0 Å². The second-order valence-electron chi connectivity index (χ2n) is 9.53. The van der Waals surface area contributed by atoms with Crippen molar-refractivity contribution in [2.45, 2.75) is 45.2 Å². The number of hydrogen-bond donors (Lipinski definition) is 2. The third-order valence-corrected chi connectivity index (χ3v) is 7.35. The van der Waals surface area contributed by atoms with Gasteiger partial charge < -0.3 is 16.0 Å². The molecule has 2 fully saturated rings. The molecule has 4 rings (SSSR count). The van der Waals surface area contributed by atoms with Crippen molar-refractivity contribution in [1.82, 2.24) is 20.1 Å². The van der Waals surface area contributed by atoms with Crippen LogP contribution >= 0.6 is 11.6 Å². The number of piperidine rings is 2. The Morgan fingerprint density at radius 1 is 1.09 bits per heavy atom. The maximum Gasteiger partial charge on any atom is 0.225 e. The Hall–Kier alpha value is -2.64. The van der Waals surface area contributed by atoms with E-state index in [0.29, 0.717) is 16.8 Å². The maximum absolute atomic E-state index is 13.2. The van der Waals surface area contributed by atoms with Crippen molar-refractivity contribution in [3.8, 4) is 0 Å². The SMILES string of the molecule is CC(=O)NC(c1ccc(Cl)cc1)C1CCN(C(=O)C2CCN(Cc3ccnc(N)c3)CC2)CC1. The summed E-state index contributed by atoms with van der Waals surface area (Å²) in [7, 11) is 0. The van der Waals surface area contributed by atoms with Crippen molar-refractivity contribution in [2.24, 2.45) is 11.8 Å². The standard InChI is InChI=1S/C26H34ClN5O2/c1-18(33)30-25(20-2-4-23(27)5-3-20)21-9-14-32(15-10-21)26(34)22-7-12-31(13-8-22)17-19-6-11-29-24(28)16-19/h2-6,11,16,21-22,25H,7-10,12-15,17H2,1H3,(H2,28,29)(H,30,33). The first-order valence-electron chi connectivity index (χ1n) is 12.1. The van der Waals surface area contributed by atoms with Gasteiger partial charge in [0.15, 0.2) is 0 Å². The van der Waals surface area contributed by atoms with Crippen LogP contribution in [0.2, 0.25) is 5.02 Å². The Bertz CT molecular complexity index is 983. The van der Waals surface area contributed by atoms with E-state index < -0.39 is 0 Å². The van der Waals surface area contributed by atoms with Crippen molar-refractivity contribution in [2.75, 3.05) is 31.9 Å². The first kappa shape index (κ1) is 24.5. The zero-order valence-electron chi connectivity index (χ0n) is 19.8. The van der Waals surface area contributed by atoms with Gasteiger partial charge in [0.2, 0.25) is 11.8 Å². The van der Waals surface area contributed by atoms with Gasteiger partial charge >= 0.3 is 0 Å². The number of halogens is 1. The fraction of sp³-hybridized carbons (Fsp3) is 0.500. The van der Waals surface area contributed by atoms with E-state index in [2.05, 4.69) is 15.2 Å². The Morgan fingerprint density at radius 2 is 1.76 bits per heavy atom. The molecule has 0 spiro atoms. The number of nitrogens with one attached hydrogen (secondary N) is 1. The molecule has 1 aromatic carbocycles. The molecule has 0 bridgehead atoms. The number of carbonyl (C=O) groups excluding carboxylic acids is 2. The molecule has 2 amide bonds. The van der Waals surface area contributed by atoms with E-state index in [4.69, 9.17) is 17.3 Å². The molecule has 2 aromatic rings. The van der Waals surface area contributed by atoms with Crippen molar-refractivity contribution in [3.05, 3.63) is 58.7 Å². The molecule has 8 heteroatoms. The first-order chi connectivity index (χ1) is 16.4. The molecule has 3 N–H and O–H groups in total. The minimum Gasteiger partial charge on any atom is -0.384 e. The molecule has 0 aliphatic carbocycles. The summed E-state index contributed by atoms with van der Waals surface area (Å²) in [5.41, 5.74) is 8.02. The number of carbonyl (C=O) groups is 2. The van der Waals surface area contributed by atoms with Gasteiger partial charge in [0.05, 0.1) is 6.04 Å². The van der Waals surface area contributed by atoms with Crippen LogP contribution in [0.15, 0.2) is 42.6 Å². The minimum atomic E-state index is -0.0579. The zero-order chi connectivity index (χ0) is 24.1. The fourth-order valence-corrected chi connectivity index (χ4v) is 5.39. The van der Waals surface area contributed by atoms with Crippen molar-refractivity contribution < 1.29 is 9.59 Å². The number of pyridine rings is 1. The smallest absolute Gasteiger partial charge is 0.225 e. The Morgan fingerprint density at radius 3 is 2.38 bits per heavy atom. The van der Waals surface area contributed by atoms with Crippen LogP contribution < -0.4 is 11.1 Å². The highest BCUT2D eigenvalue weighted by Crippen LogP contribution is 2.33. The largest absolute Gasteiger partial charge is 0.384 e. The number of rotatable bonds is 6. The maximum atomic E-state index is 13.2.